The molecular weight excluding hydrogens is 641 g/mol. The minimum atomic E-state index is -6.09. The first-order chi connectivity index (χ1) is 16.3. The largest absolute Gasteiger partial charge is 1.00 e. The molecule has 0 amide bonds. The second kappa shape index (κ2) is 12.0. The summed E-state index contributed by atoms with van der Waals surface area (Å²) in [5.74, 6) is 0. The van der Waals surface area contributed by atoms with Gasteiger partial charge in [-0.25, -0.2) is 28.0 Å². The molecule has 16 nitrogen and oxygen atoms in total. The molecule has 0 fully saturated rings. The molecule has 4 heterocycles. The van der Waals surface area contributed by atoms with E-state index in [-0.39, 0.29) is 50.4 Å². The van der Waals surface area contributed by atoms with Gasteiger partial charge in [-0.15, -0.1) is 0 Å². The predicted molar refractivity (Wildman–Crippen MR) is 123 cm³/mol. The zero-order valence-corrected chi connectivity index (χ0v) is 22.8. The molecule has 0 unspecified atom stereocenters. The van der Waals surface area contributed by atoms with Gasteiger partial charge < -0.3 is 19.2 Å². The molecule has 0 atom stereocenters. The summed E-state index contributed by atoms with van der Waals surface area (Å²) in [6.07, 6.45) is 3.04. The SMILES string of the molecule is Cn1c(=O)c2c(ncn2C)n(C)c1=O.Cn1c(=O)c2c(ncn2C)n(C)c1=O.O=S(=O)([O-])C(F)(F)F.[Ag+].[OH3+]. The second-order valence-electron chi connectivity index (χ2n) is 7.37. The van der Waals surface area contributed by atoms with Gasteiger partial charge >= 0.3 is 39.3 Å². The van der Waals surface area contributed by atoms with Gasteiger partial charge in [0, 0.05) is 42.3 Å². The number of nitrogens with zero attached hydrogens (tertiary/aromatic N) is 8. The third-order valence-corrected chi connectivity index (χ3v) is 5.48. The Bertz CT molecular complexity index is 1700. The number of rotatable bonds is 0. The number of imidazole rings is 2. The van der Waals surface area contributed by atoms with E-state index in [0.717, 1.165) is 9.13 Å². The van der Waals surface area contributed by atoms with Crippen molar-refractivity contribution in [3.8, 4) is 0 Å². The number of fused-ring (bicyclic) bond motifs is 2. The van der Waals surface area contributed by atoms with E-state index in [2.05, 4.69) is 9.97 Å². The Morgan fingerprint density at radius 3 is 1.21 bits per heavy atom. The summed E-state index contributed by atoms with van der Waals surface area (Å²) < 4.78 is 67.0. The number of aromatic nitrogens is 8. The summed E-state index contributed by atoms with van der Waals surface area (Å²) in [5, 5.41) is 0. The Morgan fingerprint density at radius 2 is 0.974 bits per heavy atom. The van der Waals surface area contributed by atoms with Crippen molar-refractivity contribution in [1.82, 2.24) is 37.4 Å². The maximum absolute atomic E-state index is 11.7. The number of hydrogen-bond acceptors (Lipinski definition) is 9. The average Bonchev–Trinajstić information content (AvgIpc) is 3.35. The molecule has 0 spiro atoms. The monoisotopic (exact) mass is 663 g/mol. The van der Waals surface area contributed by atoms with Crippen molar-refractivity contribution in [2.75, 3.05) is 0 Å². The third-order valence-electron chi connectivity index (χ3n) is 4.92. The first kappa shape index (κ1) is 34.7. The Kier molecular flexibility index (Phi) is 11.0. The van der Waals surface area contributed by atoms with E-state index in [1.54, 1.807) is 37.3 Å². The smallest absolute Gasteiger partial charge is 0.741 e. The van der Waals surface area contributed by atoms with Gasteiger partial charge in [-0.05, 0) is 0 Å². The van der Waals surface area contributed by atoms with Gasteiger partial charge in [-0.1, -0.05) is 0 Å². The van der Waals surface area contributed by atoms with Crippen molar-refractivity contribution in [2.45, 2.75) is 5.51 Å². The van der Waals surface area contributed by atoms with Gasteiger partial charge in [0.2, 0.25) is 0 Å². The molecular formula is C17H23AgF3N8O8S+. The summed E-state index contributed by atoms with van der Waals surface area (Å²) in [6, 6.07) is 0. The minimum Gasteiger partial charge on any atom is -0.741 e. The van der Waals surface area contributed by atoms with Crippen molar-refractivity contribution in [1.29, 1.82) is 0 Å². The van der Waals surface area contributed by atoms with E-state index >= 15 is 0 Å². The Labute approximate surface area is 225 Å². The molecule has 21 heteroatoms. The Balaban J connectivity index is 0.000000549. The van der Waals surface area contributed by atoms with Crippen LogP contribution in [0.2, 0.25) is 0 Å². The van der Waals surface area contributed by atoms with E-state index < -0.39 is 15.6 Å². The Morgan fingerprint density at radius 1 is 0.711 bits per heavy atom. The number of halogens is 3. The predicted octanol–water partition coefficient (Wildman–Crippen LogP) is -2.93. The molecule has 38 heavy (non-hydrogen) atoms. The van der Waals surface area contributed by atoms with Gasteiger partial charge in [0.25, 0.3) is 11.1 Å². The first-order valence-electron chi connectivity index (χ1n) is 9.49. The number of hydrogen-bond donors (Lipinski definition) is 0. The first-order valence-corrected chi connectivity index (χ1v) is 10.9. The molecule has 0 aliphatic carbocycles. The van der Waals surface area contributed by atoms with Crippen LogP contribution in [0.15, 0.2) is 31.8 Å². The van der Waals surface area contributed by atoms with Gasteiger partial charge in [-0.3, -0.25) is 27.9 Å². The molecule has 0 aliphatic heterocycles. The van der Waals surface area contributed by atoms with Crippen molar-refractivity contribution in [3.63, 3.8) is 0 Å². The summed E-state index contributed by atoms with van der Waals surface area (Å²) in [5.41, 5.74) is -5.29. The van der Waals surface area contributed by atoms with Crippen LogP contribution in [0.5, 0.6) is 0 Å². The van der Waals surface area contributed by atoms with Crippen LogP contribution in [0.25, 0.3) is 22.3 Å². The van der Waals surface area contributed by atoms with Gasteiger partial charge in [0.15, 0.2) is 32.4 Å². The van der Waals surface area contributed by atoms with Crippen molar-refractivity contribution < 1.29 is 54.0 Å². The topological polar surface area (TPSA) is 214 Å². The van der Waals surface area contributed by atoms with E-state index in [4.69, 9.17) is 13.0 Å². The second-order valence-corrected chi connectivity index (χ2v) is 8.74. The van der Waals surface area contributed by atoms with Gasteiger partial charge in [-0.2, -0.15) is 13.2 Å². The van der Waals surface area contributed by atoms with E-state index in [9.17, 15) is 32.3 Å². The average molecular weight is 664 g/mol. The zero-order chi connectivity index (χ0) is 27.9. The molecule has 4 aromatic heterocycles. The molecule has 4 aromatic rings. The fourth-order valence-electron chi connectivity index (χ4n) is 2.94. The maximum atomic E-state index is 11.7. The quantitative estimate of drug-likeness (QED) is 0.0813. The van der Waals surface area contributed by atoms with Crippen LogP contribution in [0.3, 0.4) is 0 Å². The molecule has 0 aromatic carbocycles. The van der Waals surface area contributed by atoms with Crippen LogP contribution in [-0.2, 0) is 80.3 Å². The summed E-state index contributed by atoms with van der Waals surface area (Å²) in [7, 11) is 3.46. The number of alkyl halides is 3. The molecule has 4 rings (SSSR count). The van der Waals surface area contributed by atoms with Crippen LogP contribution in [-0.4, -0.2) is 55.8 Å². The van der Waals surface area contributed by atoms with Gasteiger partial charge in [0.1, 0.15) is 0 Å². The molecule has 0 bridgehead atoms. The Hall–Kier alpha value is -3.30. The summed E-state index contributed by atoms with van der Waals surface area (Å²) >= 11 is 0. The zero-order valence-electron chi connectivity index (χ0n) is 20.5. The van der Waals surface area contributed by atoms with Crippen LogP contribution in [0, 0.1) is 0 Å². The molecule has 0 aliphatic rings. The molecule has 0 radical (unpaired) electrons. The minimum absolute atomic E-state index is 0. The number of aryl methyl sites for hydroxylation is 4. The normalized spacial score (nSPS) is 11.1. The van der Waals surface area contributed by atoms with Crippen molar-refractivity contribution in [2.24, 2.45) is 42.3 Å². The fraction of sp³-hybridized carbons (Fsp3) is 0.412. The summed E-state index contributed by atoms with van der Waals surface area (Å²) in [4.78, 5) is 54.3. The van der Waals surface area contributed by atoms with Crippen LogP contribution < -0.4 is 22.5 Å². The van der Waals surface area contributed by atoms with E-state index in [1.807, 2.05) is 0 Å². The van der Waals surface area contributed by atoms with Crippen LogP contribution in [0.1, 0.15) is 0 Å². The van der Waals surface area contributed by atoms with Crippen LogP contribution in [0.4, 0.5) is 13.2 Å². The molecule has 3 N–H and O–H groups in total. The fourth-order valence-corrected chi connectivity index (χ4v) is 2.94. The van der Waals surface area contributed by atoms with Crippen molar-refractivity contribution >= 4 is 32.4 Å². The van der Waals surface area contributed by atoms with Crippen LogP contribution >= 0.6 is 0 Å². The molecule has 216 valence electrons. The maximum Gasteiger partial charge on any atom is 1.00 e. The summed E-state index contributed by atoms with van der Waals surface area (Å²) in [6.45, 7) is 0. The van der Waals surface area contributed by atoms with Gasteiger partial charge in [0.05, 0.1) is 12.7 Å². The van der Waals surface area contributed by atoms with Crippen molar-refractivity contribution in [3.05, 3.63) is 54.3 Å². The van der Waals surface area contributed by atoms with E-state index in [1.165, 1.54) is 35.9 Å². The standard InChI is InChI=1S/2C8H10N4O2.CHF3O3S.Ag.H2O/c2*1-10-4-9-6-5(10)7(13)12(3)8(14)11(6)2;2-1(3,4)8(5,6)7;;/h2*4H,1-3H3;(H,5,6,7);;1H2/q;;;+1;. The third kappa shape index (κ3) is 6.39. The van der Waals surface area contributed by atoms with E-state index in [0.29, 0.717) is 22.3 Å². The molecule has 0 saturated heterocycles. The molecule has 0 saturated carbocycles.